The minimum atomic E-state index is -0.154. The SMILES string of the molecule is CN1CCC(C2(C3C=CCC(c4ccc5c(c4)CN(C)CC5(C4CCN(C)CC4)C4CCCC(c5ccc6c(c5)CNCC6(c5ccccn5)C5CCN(Cc6ccccc6)CC5)N4)N3)CN(C)Cc3ccccc32)CC1. The second kappa shape index (κ2) is 21.8. The summed E-state index contributed by atoms with van der Waals surface area (Å²) in [6.07, 6.45) is 19.2. The first kappa shape index (κ1) is 51.9. The van der Waals surface area contributed by atoms with Gasteiger partial charge < -0.3 is 35.6 Å². The molecule has 5 aromatic rings. The van der Waals surface area contributed by atoms with Crippen LogP contribution in [0.5, 0.6) is 0 Å². The molecule has 9 heterocycles. The molecule has 7 unspecified atom stereocenters. The van der Waals surface area contributed by atoms with Crippen molar-refractivity contribution in [2.45, 2.75) is 131 Å². The van der Waals surface area contributed by atoms with Gasteiger partial charge in [-0.15, -0.1) is 0 Å². The molecule has 0 aliphatic carbocycles. The third-order valence-corrected chi connectivity index (χ3v) is 21.4. The number of likely N-dealkylation sites (tertiary alicyclic amines) is 3. The Bertz CT molecular complexity index is 2850. The second-order valence-electron chi connectivity index (χ2n) is 26.0. The van der Waals surface area contributed by atoms with Crippen LogP contribution in [0.25, 0.3) is 0 Å². The Kier molecular flexibility index (Phi) is 14.7. The number of fused-ring (bicyclic) bond motifs is 3. The molecule has 0 amide bonds. The molecule has 4 saturated heterocycles. The number of nitrogens with zero attached hydrogens (tertiary/aromatic N) is 6. The predicted octanol–water partition coefficient (Wildman–Crippen LogP) is 9.98. The molecule has 8 aliphatic heterocycles. The van der Waals surface area contributed by atoms with Crippen LogP contribution in [0.4, 0.5) is 0 Å². The molecule has 1 aromatic heterocycles. The zero-order valence-electron chi connectivity index (χ0n) is 47.1. The second-order valence-corrected chi connectivity index (χ2v) is 26.0. The van der Waals surface area contributed by atoms with Gasteiger partial charge in [0.05, 0.1) is 11.1 Å². The van der Waals surface area contributed by atoms with Crippen LogP contribution in [-0.2, 0) is 42.4 Å². The molecule has 0 bridgehead atoms. The lowest BCUT2D eigenvalue weighted by Crippen LogP contribution is -2.63. The van der Waals surface area contributed by atoms with Crippen LogP contribution in [0.2, 0.25) is 0 Å². The summed E-state index contributed by atoms with van der Waals surface area (Å²) in [5, 5.41) is 13.0. The quantitative estimate of drug-likeness (QED) is 0.119. The van der Waals surface area contributed by atoms with E-state index in [9.17, 15) is 0 Å². The topological polar surface area (TPSA) is 65.2 Å². The Hall–Kier alpha value is -4.55. The maximum absolute atomic E-state index is 5.20. The van der Waals surface area contributed by atoms with E-state index in [0.717, 1.165) is 65.3 Å². The van der Waals surface area contributed by atoms with Gasteiger partial charge in [0.15, 0.2) is 0 Å². The fourth-order valence-electron chi connectivity index (χ4n) is 17.7. The highest BCUT2D eigenvalue weighted by atomic mass is 15.2. The van der Waals surface area contributed by atoms with Crippen molar-refractivity contribution in [2.24, 2.45) is 17.8 Å². The number of likely N-dealkylation sites (N-methyl/N-ethyl adjacent to an activating group) is 2. The zero-order chi connectivity index (χ0) is 52.1. The highest BCUT2D eigenvalue weighted by Gasteiger charge is 2.54. The fraction of sp³-hybridized carbons (Fsp3) is 0.544. The maximum Gasteiger partial charge on any atom is 0.0531 e. The molecule has 9 nitrogen and oxygen atoms in total. The predicted molar refractivity (Wildman–Crippen MR) is 314 cm³/mol. The summed E-state index contributed by atoms with van der Waals surface area (Å²) >= 11 is 0. The van der Waals surface area contributed by atoms with Gasteiger partial charge in [-0.1, -0.05) is 109 Å². The molecular weight excluding hydrogens is 943 g/mol. The number of nitrogens with one attached hydrogen (secondary N) is 3. The summed E-state index contributed by atoms with van der Waals surface area (Å²) in [7, 11) is 9.44. The third-order valence-electron chi connectivity index (χ3n) is 21.4. The highest BCUT2D eigenvalue weighted by molar-refractivity contribution is 5.49. The van der Waals surface area contributed by atoms with Crippen LogP contribution in [0.3, 0.4) is 0 Å². The van der Waals surface area contributed by atoms with Gasteiger partial charge in [-0.2, -0.15) is 0 Å². The van der Waals surface area contributed by atoms with Gasteiger partial charge >= 0.3 is 0 Å². The van der Waals surface area contributed by atoms with E-state index in [-0.39, 0.29) is 28.3 Å². The van der Waals surface area contributed by atoms with E-state index in [0.29, 0.717) is 29.8 Å². The maximum atomic E-state index is 5.20. The van der Waals surface area contributed by atoms with Crippen LogP contribution >= 0.6 is 0 Å². The molecule has 9 heteroatoms. The van der Waals surface area contributed by atoms with E-state index in [4.69, 9.17) is 4.98 Å². The van der Waals surface area contributed by atoms with E-state index in [2.05, 4.69) is 190 Å². The number of pyridine rings is 1. The average Bonchev–Trinajstić information content (AvgIpc) is 3.65. The molecule has 406 valence electrons. The van der Waals surface area contributed by atoms with E-state index in [1.807, 2.05) is 6.20 Å². The third kappa shape index (κ3) is 9.60. The largest absolute Gasteiger partial charge is 0.311 e. The molecule has 4 fully saturated rings. The van der Waals surface area contributed by atoms with Crippen molar-refractivity contribution in [3.63, 3.8) is 0 Å². The summed E-state index contributed by atoms with van der Waals surface area (Å²) in [6.45, 7) is 14.1. The Balaban J connectivity index is 0.800. The zero-order valence-corrected chi connectivity index (χ0v) is 47.1. The lowest BCUT2D eigenvalue weighted by atomic mass is 9.58. The summed E-state index contributed by atoms with van der Waals surface area (Å²) in [4.78, 5) is 18.3. The van der Waals surface area contributed by atoms with Gasteiger partial charge in [0.1, 0.15) is 0 Å². The fourth-order valence-corrected chi connectivity index (χ4v) is 17.7. The van der Waals surface area contributed by atoms with Gasteiger partial charge in [-0.3, -0.25) is 9.88 Å². The van der Waals surface area contributed by atoms with Gasteiger partial charge in [-0.05, 0) is 212 Å². The first-order valence-electron chi connectivity index (χ1n) is 30.4. The summed E-state index contributed by atoms with van der Waals surface area (Å²) < 4.78 is 0. The number of benzene rings is 4. The van der Waals surface area contributed by atoms with Crippen LogP contribution < -0.4 is 16.0 Å². The normalized spacial score (nSPS) is 31.6. The monoisotopic (exact) mass is 1030 g/mol. The van der Waals surface area contributed by atoms with Crippen LogP contribution in [0.1, 0.15) is 132 Å². The summed E-state index contributed by atoms with van der Waals surface area (Å²) in [5.41, 5.74) is 14.8. The van der Waals surface area contributed by atoms with Gasteiger partial charge in [-0.25, -0.2) is 0 Å². The number of hydrogen-bond donors (Lipinski definition) is 3. The van der Waals surface area contributed by atoms with E-state index in [1.54, 1.807) is 16.7 Å². The Morgan fingerprint density at radius 3 is 1.94 bits per heavy atom. The van der Waals surface area contributed by atoms with E-state index in [1.165, 1.54) is 123 Å². The van der Waals surface area contributed by atoms with Gasteiger partial charge in [0.2, 0.25) is 0 Å². The molecule has 8 aliphatic rings. The minimum absolute atomic E-state index is 0.0249. The standard InChI is InChI=1S/C68H89N9/c1-73-34-27-56(28-35-73)67(47-75(3)44-52-16-8-9-17-58(52)67)64-21-13-19-62(72-64)51-24-26-60-54(41-51)45-76(4)48-68(60,57-29-36-74(2)37-30-57)65-22-12-18-61(71-65)50-23-25-59-53(40-50)42-69-46-66(59,63-20-10-11-33-70-63)55-31-38-77(39-32-55)43-49-14-6-5-7-15-49/h5-11,13-17,20-21,23-26,33,40-41,55-57,61-62,64-65,69,71-72H,12,18-19,22,27-32,34-39,42-48H2,1-4H3. The number of piperidine rings is 4. The van der Waals surface area contributed by atoms with Crippen molar-refractivity contribution < 1.29 is 0 Å². The number of aromatic nitrogens is 1. The minimum Gasteiger partial charge on any atom is -0.311 e. The van der Waals surface area contributed by atoms with E-state index >= 15 is 0 Å². The smallest absolute Gasteiger partial charge is 0.0531 e. The van der Waals surface area contributed by atoms with Crippen molar-refractivity contribution in [3.05, 3.63) is 183 Å². The van der Waals surface area contributed by atoms with Crippen LogP contribution in [0.15, 0.2) is 128 Å². The number of rotatable bonds is 10. The Labute approximate surface area is 462 Å². The molecule has 0 saturated carbocycles. The molecule has 13 rings (SSSR count). The first-order chi connectivity index (χ1) is 37.7. The molecule has 7 atom stereocenters. The average molecular weight is 1030 g/mol. The van der Waals surface area contributed by atoms with Crippen LogP contribution in [-0.4, -0.2) is 129 Å². The van der Waals surface area contributed by atoms with Crippen molar-refractivity contribution in [3.8, 4) is 0 Å². The Morgan fingerprint density at radius 1 is 0.545 bits per heavy atom. The molecule has 4 aromatic carbocycles. The van der Waals surface area contributed by atoms with Crippen molar-refractivity contribution >= 4 is 0 Å². The first-order valence-corrected chi connectivity index (χ1v) is 30.4. The van der Waals surface area contributed by atoms with E-state index < -0.39 is 0 Å². The molecule has 0 radical (unpaired) electrons. The summed E-state index contributed by atoms with van der Waals surface area (Å²) in [6, 6.07) is 44.1. The van der Waals surface area contributed by atoms with Crippen molar-refractivity contribution in [1.82, 2.24) is 45.4 Å². The van der Waals surface area contributed by atoms with Crippen molar-refractivity contribution in [1.29, 1.82) is 0 Å². The molecule has 3 N–H and O–H groups in total. The lowest BCUT2D eigenvalue weighted by molar-refractivity contribution is 0.0504. The molecule has 77 heavy (non-hydrogen) atoms. The van der Waals surface area contributed by atoms with Crippen molar-refractivity contribution in [2.75, 3.05) is 87.1 Å². The van der Waals surface area contributed by atoms with Gasteiger partial charge in [0.25, 0.3) is 0 Å². The van der Waals surface area contributed by atoms with Crippen LogP contribution in [0, 0.1) is 17.8 Å². The lowest BCUT2D eigenvalue weighted by Gasteiger charge is -2.56. The van der Waals surface area contributed by atoms with Gasteiger partial charge in [0, 0.05) is 87.0 Å². The Morgan fingerprint density at radius 2 is 1.18 bits per heavy atom. The number of hydrogen-bond acceptors (Lipinski definition) is 9. The highest BCUT2D eigenvalue weighted by Crippen LogP contribution is 2.52. The molecular formula is C68H89N9. The summed E-state index contributed by atoms with van der Waals surface area (Å²) in [5.74, 6) is 1.76. The molecule has 0 spiro atoms.